The maximum atomic E-state index is 12.8. The first-order chi connectivity index (χ1) is 12.6. The largest absolute Gasteiger partial charge is 0.419 e. The summed E-state index contributed by atoms with van der Waals surface area (Å²) in [5.74, 6) is -1.78. The minimum Gasteiger partial charge on any atom is -0.368 e. The van der Waals surface area contributed by atoms with Crippen molar-refractivity contribution in [2.75, 3.05) is 18.4 Å². The lowest BCUT2D eigenvalue weighted by molar-refractivity contribution is -0.183. The minimum absolute atomic E-state index is 0.0187. The normalized spacial score (nSPS) is 20.8. The fourth-order valence-electron chi connectivity index (χ4n) is 2.99. The van der Waals surface area contributed by atoms with Crippen LogP contribution in [0.25, 0.3) is 0 Å². The monoisotopic (exact) mass is 398 g/mol. The van der Waals surface area contributed by atoms with Crippen molar-refractivity contribution in [3.63, 3.8) is 0 Å². The molecular weight excluding hydrogens is 378 g/mol. The summed E-state index contributed by atoms with van der Waals surface area (Å²) in [5.41, 5.74) is -0.921. The van der Waals surface area contributed by atoms with Crippen LogP contribution in [0.1, 0.15) is 31.2 Å². The van der Waals surface area contributed by atoms with Gasteiger partial charge in [-0.2, -0.15) is 26.3 Å². The van der Waals surface area contributed by atoms with Gasteiger partial charge in [-0.05, 0) is 31.4 Å². The molecule has 0 bridgehead atoms. The van der Waals surface area contributed by atoms with E-state index in [1.807, 2.05) is 0 Å². The topological polar surface area (TPSA) is 66.0 Å². The molecule has 1 heterocycles. The highest BCUT2D eigenvalue weighted by atomic mass is 19.4. The van der Waals surface area contributed by atoms with Crippen LogP contribution in [-0.2, 0) is 6.18 Å². The number of hydrogen-bond acceptors (Lipinski definition) is 3. The van der Waals surface area contributed by atoms with Crippen molar-refractivity contribution in [1.29, 1.82) is 0 Å². The van der Waals surface area contributed by atoms with Gasteiger partial charge in [-0.25, -0.2) is 9.78 Å². The van der Waals surface area contributed by atoms with Gasteiger partial charge >= 0.3 is 18.4 Å². The van der Waals surface area contributed by atoms with E-state index in [9.17, 15) is 31.1 Å². The first-order valence-corrected chi connectivity index (χ1v) is 8.44. The van der Waals surface area contributed by atoms with Crippen molar-refractivity contribution < 1.29 is 31.1 Å². The molecule has 2 rings (SSSR count). The third-order valence-electron chi connectivity index (χ3n) is 4.29. The zero-order chi connectivity index (χ0) is 20.1. The number of rotatable bonds is 5. The Kier molecular flexibility index (Phi) is 6.77. The molecule has 1 aromatic heterocycles. The summed E-state index contributed by atoms with van der Waals surface area (Å²) in [5, 5.41) is 7.37. The maximum Gasteiger partial charge on any atom is 0.419 e. The molecule has 5 nitrogen and oxygen atoms in total. The predicted octanol–water partition coefficient (Wildman–Crippen LogP) is 3.93. The highest BCUT2D eigenvalue weighted by Gasteiger charge is 2.42. The Morgan fingerprint density at radius 1 is 1.15 bits per heavy atom. The molecule has 1 aliphatic rings. The van der Waals surface area contributed by atoms with Crippen LogP contribution >= 0.6 is 0 Å². The van der Waals surface area contributed by atoms with Crippen molar-refractivity contribution >= 4 is 11.8 Å². The van der Waals surface area contributed by atoms with E-state index in [4.69, 9.17) is 0 Å². The Bertz CT molecular complexity index is 634. The molecule has 2 atom stereocenters. The molecule has 2 unspecified atom stereocenters. The van der Waals surface area contributed by atoms with Crippen molar-refractivity contribution in [3.05, 3.63) is 23.9 Å². The first-order valence-electron chi connectivity index (χ1n) is 8.44. The van der Waals surface area contributed by atoms with E-state index in [2.05, 4.69) is 20.9 Å². The molecule has 11 heteroatoms. The van der Waals surface area contributed by atoms with Gasteiger partial charge in [-0.15, -0.1) is 0 Å². The number of amides is 2. The van der Waals surface area contributed by atoms with Crippen LogP contribution in [0.15, 0.2) is 18.3 Å². The van der Waals surface area contributed by atoms with Gasteiger partial charge in [-0.3, -0.25) is 0 Å². The van der Waals surface area contributed by atoms with Crippen molar-refractivity contribution in [3.8, 4) is 0 Å². The number of aromatic nitrogens is 1. The first kappa shape index (κ1) is 21.1. The standard InChI is InChI=1S/C16H20F6N4O/c17-15(18,19)10-3-1-4-11(9-10)26-14(27)25-8-7-24-13-12(16(20,21)22)5-2-6-23-13/h2,5-6,10-11H,1,3-4,7-9H2,(H,23,24)(H2,25,26,27). The van der Waals surface area contributed by atoms with Crippen molar-refractivity contribution in [1.82, 2.24) is 15.6 Å². The second kappa shape index (κ2) is 8.66. The van der Waals surface area contributed by atoms with Crippen LogP contribution in [0.5, 0.6) is 0 Å². The van der Waals surface area contributed by atoms with Gasteiger partial charge in [0.25, 0.3) is 0 Å². The molecule has 0 saturated heterocycles. The summed E-state index contributed by atoms with van der Waals surface area (Å²) in [7, 11) is 0. The number of nitrogens with one attached hydrogen (secondary N) is 3. The summed E-state index contributed by atoms with van der Waals surface area (Å²) in [6.07, 6.45) is -6.91. The van der Waals surface area contributed by atoms with E-state index in [-0.39, 0.29) is 31.7 Å². The van der Waals surface area contributed by atoms with Gasteiger partial charge < -0.3 is 16.0 Å². The molecule has 1 aliphatic carbocycles. The third kappa shape index (κ3) is 6.47. The van der Waals surface area contributed by atoms with Crippen molar-refractivity contribution in [2.45, 2.75) is 44.1 Å². The van der Waals surface area contributed by atoms with E-state index in [1.165, 1.54) is 6.20 Å². The van der Waals surface area contributed by atoms with Gasteiger partial charge in [0.05, 0.1) is 11.5 Å². The molecule has 152 valence electrons. The Morgan fingerprint density at radius 3 is 2.56 bits per heavy atom. The molecule has 1 aromatic rings. The fourth-order valence-corrected chi connectivity index (χ4v) is 2.99. The van der Waals surface area contributed by atoms with Gasteiger partial charge in [0.2, 0.25) is 0 Å². The highest BCUT2D eigenvalue weighted by molar-refractivity contribution is 5.74. The third-order valence-corrected chi connectivity index (χ3v) is 4.29. The smallest absolute Gasteiger partial charge is 0.368 e. The summed E-state index contributed by atoms with van der Waals surface area (Å²) < 4.78 is 76.7. The van der Waals surface area contributed by atoms with Gasteiger partial charge in [0, 0.05) is 25.3 Å². The van der Waals surface area contributed by atoms with Crippen LogP contribution < -0.4 is 16.0 Å². The molecule has 0 radical (unpaired) electrons. The summed E-state index contributed by atoms with van der Waals surface area (Å²) in [6, 6.07) is 0.820. The van der Waals surface area contributed by atoms with Crippen LogP contribution in [0.4, 0.5) is 37.0 Å². The van der Waals surface area contributed by atoms with Gasteiger partial charge in [0.1, 0.15) is 5.82 Å². The van der Waals surface area contributed by atoms with Crippen LogP contribution in [-0.4, -0.2) is 36.3 Å². The molecular formula is C16H20F6N4O. The average molecular weight is 398 g/mol. The summed E-state index contributed by atoms with van der Waals surface area (Å²) in [6.45, 7) is -0.0432. The maximum absolute atomic E-state index is 12.8. The summed E-state index contributed by atoms with van der Waals surface area (Å²) >= 11 is 0. The molecule has 0 aliphatic heterocycles. The van der Waals surface area contributed by atoms with Crippen LogP contribution in [0, 0.1) is 5.92 Å². The quantitative estimate of drug-likeness (QED) is 0.520. The number of hydrogen-bond donors (Lipinski definition) is 3. The molecule has 0 spiro atoms. The molecule has 3 N–H and O–H groups in total. The highest BCUT2D eigenvalue weighted by Crippen LogP contribution is 2.37. The molecule has 1 saturated carbocycles. The number of alkyl halides is 6. The molecule has 0 aromatic carbocycles. The Hall–Kier alpha value is -2.20. The number of urea groups is 1. The molecule has 27 heavy (non-hydrogen) atoms. The number of pyridine rings is 1. The number of carbonyl (C=O) groups excluding carboxylic acids is 1. The zero-order valence-electron chi connectivity index (χ0n) is 14.3. The predicted molar refractivity (Wildman–Crippen MR) is 86.1 cm³/mol. The van der Waals surface area contributed by atoms with Gasteiger partial charge in [-0.1, -0.05) is 6.42 Å². The lowest BCUT2D eigenvalue weighted by Gasteiger charge is -2.31. The number of halogens is 6. The zero-order valence-corrected chi connectivity index (χ0v) is 14.3. The second-order valence-corrected chi connectivity index (χ2v) is 6.33. The van der Waals surface area contributed by atoms with Gasteiger partial charge in [0.15, 0.2) is 0 Å². The van der Waals surface area contributed by atoms with E-state index >= 15 is 0 Å². The summed E-state index contributed by atoms with van der Waals surface area (Å²) in [4.78, 5) is 15.4. The average Bonchev–Trinajstić information content (AvgIpc) is 2.58. The number of nitrogens with zero attached hydrogens (tertiary/aromatic N) is 1. The SMILES string of the molecule is O=C(NCCNc1ncccc1C(F)(F)F)NC1CCCC(C(F)(F)F)C1. The van der Waals surface area contributed by atoms with Crippen LogP contribution in [0.2, 0.25) is 0 Å². The Balaban J connectivity index is 1.74. The lowest BCUT2D eigenvalue weighted by Crippen LogP contribution is -2.46. The van der Waals surface area contributed by atoms with E-state index in [0.29, 0.717) is 12.8 Å². The van der Waals surface area contributed by atoms with Crippen molar-refractivity contribution in [2.24, 2.45) is 5.92 Å². The number of anilines is 1. The van der Waals surface area contributed by atoms with E-state index < -0.39 is 35.9 Å². The number of carbonyl (C=O) groups is 1. The Morgan fingerprint density at radius 2 is 1.89 bits per heavy atom. The lowest BCUT2D eigenvalue weighted by atomic mass is 9.85. The fraction of sp³-hybridized carbons (Fsp3) is 0.625. The second-order valence-electron chi connectivity index (χ2n) is 6.33. The minimum atomic E-state index is -4.56. The Labute approximate surface area is 151 Å². The van der Waals surface area contributed by atoms with Crippen LogP contribution in [0.3, 0.4) is 0 Å². The van der Waals surface area contributed by atoms with E-state index in [0.717, 1.165) is 12.1 Å². The molecule has 1 fully saturated rings. The molecule has 2 amide bonds. The van der Waals surface area contributed by atoms with E-state index in [1.54, 1.807) is 0 Å².